The Kier molecular flexibility index (Phi) is 5.05. The minimum atomic E-state index is -0.433. The third-order valence-electron chi connectivity index (χ3n) is 5.78. The zero-order valence-corrected chi connectivity index (χ0v) is 18.0. The topological polar surface area (TPSA) is 98.5 Å². The molecule has 3 aromatic rings. The molecular weight excluding hydrogens is 408 g/mol. The zero-order valence-electron chi connectivity index (χ0n) is 18.0. The standard InChI is InChI=1S/C24H24N4O4/c1-3-32-19-11-10-14(13-20(19)31-2)22-21-17(8-5-9-18(21)30)25-24-26-23(27-28(22)24)15-6-4-7-16(29)12-15/h4,6-7,10-13,22,29H,3,5,8-9H2,1-2H3,(H,25,26,27). The van der Waals surface area contributed by atoms with E-state index in [0.29, 0.717) is 47.4 Å². The highest BCUT2D eigenvalue weighted by Crippen LogP contribution is 2.42. The summed E-state index contributed by atoms with van der Waals surface area (Å²) in [7, 11) is 1.60. The predicted octanol–water partition coefficient (Wildman–Crippen LogP) is 4.08. The number of phenolic OH excluding ortho intramolecular Hbond substituents is 1. The zero-order chi connectivity index (χ0) is 22.2. The van der Waals surface area contributed by atoms with Gasteiger partial charge >= 0.3 is 0 Å². The largest absolute Gasteiger partial charge is 0.508 e. The predicted molar refractivity (Wildman–Crippen MR) is 119 cm³/mol. The minimum absolute atomic E-state index is 0.108. The lowest BCUT2D eigenvalue weighted by atomic mass is 9.85. The van der Waals surface area contributed by atoms with Gasteiger partial charge < -0.3 is 19.9 Å². The second-order valence-corrected chi connectivity index (χ2v) is 7.79. The SMILES string of the molecule is CCOc1ccc(C2C3=C(CCCC3=O)Nc3nc(-c4cccc(O)c4)nn32)cc1OC. The van der Waals surface area contributed by atoms with E-state index < -0.39 is 6.04 Å². The summed E-state index contributed by atoms with van der Waals surface area (Å²) in [5.74, 6) is 2.54. The summed E-state index contributed by atoms with van der Waals surface area (Å²) in [6.07, 6.45) is 2.09. The van der Waals surface area contributed by atoms with Crippen molar-refractivity contribution >= 4 is 11.7 Å². The van der Waals surface area contributed by atoms with Crippen LogP contribution >= 0.6 is 0 Å². The first-order valence-corrected chi connectivity index (χ1v) is 10.7. The maximum absolute atomic E-state index is 13.0. The molecule has 164 valence electrons. The molecule has 0 spiro atoms. The van der Waals surface area contributed by atoms with Gasteiger partial charge in [-0.05, 0) is 49.6 Å². The molecule has 1 aromatic heterocycles. The van der Waals surface area contributed by atoms with Crippen LogP contribution in [0.2, 0.25) is 0 Å². The normalized spacial score (nSPS) is 17.4. The van der Waals surface area contributed by atoms with E-state index in [1.54, 1.807) is 30.0 Å². The van der Waals surface area contributed by atoms with Crippen LogP contribution in [-0.2, 0) is 4.79 Å². The Hall–Kier alpha value is -3.81. The summed E-state index contributed by atoms with van der Waals surface area (Å²) in [5, 5.41) is 17.9. The van der Waals surface area contributed by atoms with E-state index >= 15 is 0 Å². The Labute approximate surface area is 185 Å². The maximum atomic E-state index is 13.0. The molecule has 1 aliphatic carbocycles. The Morgan fingerprint density at radius 1 is 1.19 bits per heavy atom. The van der Waals surface area contributed by atoms with Gasteiger partial charge in [0.15, 0.2) is 23.1 Å². The fourth-order valence-electron chi connectivity index (χ4n) is 4.36. The number of nitrogens with one attached hydrogen (secondary N) is 1. The monoisotopic (exact) mass is 432 g/mol. The number of hydrogen-bond acceptors (Lipinski definition) is 7. The highest BCUT2D eigenvalue weighted by molar-refractivity contribution is 5.99. The summed E-state index contributed by atoms with van der Waals surface area (Å²) in [5.41, 5.74) is 3.16. The van der Waals surface area contributed by atoms with Crippen LogP contribution in [0.1, 0.15) is 37.8 Å². The number of anilines is 1. The third kappa shape index (κ3) is 3.37. The van der Waals surface area contributed by atoms with Crippen LogP contribution in [0.25, 0.3) is 11.4 Å². The number of ketones is 1. The number of ether oxygens (including phenoxy) is 2. The molecule has 8 heteroatoms. The number of aromatic nitrogens is 3. The number of carbonyl (C=O) groups excluding carboxylic acids is 1. The van der Waals surface area contributed by atoms with E-state index in [2.05, 4.69) is 10.3 Å². The molecule has 0 amide bonds. The first kappa shape index (κ1) is 20.1. The van der Waals surface area contributed by atoms with Crippen LogP contribution in [0.15, 0.2) is 53.7 Å². The molecule has 5 rings (SSSR count). The van der Waals surface area contributed by atoms with Crippen molar-refractivity contribution in [1.82, 2.24) is 14.8 Å². The van der Waals surface area contributed by atoms with Crippen molar-refractivity contribution < 1.29 is 19.4 Å². The summed E-state index contributed by atoms with van der Waals surface area (Å²) in [6, 6.07) is 12.1. The number of aromatic hydroxyl groups is 1. The second-order valence-electron chi connectivity index (χ2n) is 7.79. The third-order valence-corrected chi connectivity index (χ3v) is 5.78. The van der Waals surface area contributed by atoms with E-state index in [-0.39, 0.29) is 11.5 Å². The minimum Gasteiger partial charge on any atom is -0.508 e. The average molecular weight is 432 g/mol. The number of hydrogen-bond donors (Lipinski definition) is 2. The lowest BCUT2D eigenvalue weighted by Crippen LogP contribution is -2.31. The number of benzene rings is 2. The molecule has 32 heavy (non-hydrogen) atoms. The molecule has 1 atom stereocenters. The smallest absolute Gasteiger partial charge is 0.226 e. The van der Waals surface area contributed by atoms with Gasteiger partial charge in [-0.15, -0.1) is 5.10 Å². The molecule has 2 N–H and O–H groups in total. The van der Waals surface area contributed by atoms with Crippen LogP contribution in [0.4, 0.5) is 5.95 Å². The van der Waals surface area contributed by atoms with E-state index in [4.69, 9.17) is 14.6 Å². The van der Waals surface area contributed by atoms with Crippen molar-refractivity contribution in [2.75, 3.05) is 19.0 Å². The van der Waals surface area contributed by atoms with Crippen molar-refractivity contribution in [3.8, 4) is 28.6 Å². The molecule has 2 aromatic carbocycles. The summed E-state index contributed by atoms with van der Waals surface area (Å²) in [6.45, 7) is 2.44. The Bertz CT molecular complexity index is 1230. The van der Waals surface area contributed by atoms with Crippen molar-refractivity contribution in [3.63, 3.8) is 0 Å². The van der Waals surface area contributed by atoms with Crippen LogP contribution in [0.5, 0.6) is 17.2 Å². The van der Waals surface area contributed by atoms with E-state index in [9.17, 15) is 9.90 Å². The number of rotatable bonds is 5. The first-order valence-electron chi connectivity index (χ1n) is 10.7. The number of methoxy groups -OCH3 is 1. The summed E-state index contributed by atoms with van der Waals surface area (Å²) < 4.78 is 13.0. The molecule has 1 aliphatic heterocycles. The van der Waals surface area contributed by atoms with Gasteiger partial charge in [-0.25, -0.2) is 4.68 Å². The van der Waals surface area contributed by atoms with Gasteiger partial charge in [0.1, 0.15) is 11.8 Å². The number of nitrogens with zero attached hydrogens (tertiary/aromatic N) is 3. The van der Waals surface area contributed by atoms with Crippen molar-refractivity contribution in [2.45, 2.75) is 32.2 Å². The van der Waals surface area contributed by atoms with Gasteiger partial charge in [-0.2, -0.15) is 4.98 Å². The highest BCUT2D eigenvalue weighted by Gasteiger charge is 2.37. The lowest BCUT2D eigenvalue weighted by molar-refractivity contribution is -0.116. The molecule has 2 heterocycles. The number of fused-ring (bicyclic) bond motifs is 1. The second kappa shape index (κ2) is 8.03. The molecular formula is C24H24N4O4. The van der Waals surface area contributed by atoms with Gasteiger partial charge in [-0.1, -0.05) is 18.2 Å². The van der Waals surface area contributed by atoms with E-state index in [1.165, 1.54) is 0 Å². The van der Waals surface area contributed by atoms with Crippen molar-refractivity contribution in [3.05, 3.63) is 59.3 Å². The fourth-order valence-corrected chi connectivity index (χ4v) is 4.36. The van der Waals surface area contributed by atoms with E-state index in [1.807, 2.05) is 31.2 Å². The Morgan fingerprint density at radius 3 is 2.84 bits per heavy atom. The molecule has 1 unspecified atom stereocenters. The highest BCUT2D eigenvalue weighted by atomic mass is 16.5. The van der Waals surface area contributed by atoms with Gasteiger partial charge in [-0.3, -0.25) is 4.79 Å². The number of carbonyl (C=O) groups is 1. The molecule has 0 bridgehead atoms. The lowest BCUT2D eigenvalue weighted by Gasteiger charge is -2.32. The molecule has 0 fully saturated rings. The van der Waals surface area contributed by atoms with Gasteiger partial charge in [0.25, 0.3) is 0 Å². The number of Topliss-reactive ketones (excluding diaryl/α,β-unsaturated/α-hetero) is 1. The van der Waals surface area contributed by atoms with Gasteiger partial charge in [0.2, 0.25) is 5.95 Å². The Balaban J connectivity index is 1.66. The molecule has 0 saturated carbocycles. The maximum Gasteiger partial charge on any atom is 0.226 e. The molecule has 8 nitrogen and oxygen atoms in total. The van der Waals surface area contributed by atoms with Crippen molar-refractivity contribution in [1.29, 1.82) is 0 Å². The van der Waals surface area contributed by atoms with Crippen molar-refractivity contribution in [2.24, 2.45) is 0 Å². The molecule has 0 radical (unpaired) electrons. The van der Waals surface area contributed by atoms with Crippen LogP contribution < -0.4 is 14.8 Å². The Morgan fingerprint density at radius 2 is 2.06 bits per heavy atom. The van der Waals surface area contributed by atoms with Gasteiger partial charge in [0, 0.05) is 23.3 Å². The van der Waals surface area contributed by atoms with Crippen LogP contribution in [0.3, 0.4) is 0 Å². The fraction of sp³-hybridized carbons (Fsp3) is 0.292. The summed E-state index contributed by atoms with van der Waals surface area (Å²) >= 11 is 0. The molecule has 2 aliphatic rings. The summed E-state index contributed by atoms with van der Waals surface area (Å²) in [4.78, 5) is 17.7. The molecule has 0 saturated heterocycles. The number of phenols is 1. The van der Waals surface area contributed by atoms with Crippen LogP contribution in [-0.4, -0.2) is 39.4 Å². The number of allylic oxidation sites excluding steroid dienone is 2. The van der Waals surface area contributed by atoms with Crippen LogP contribution in [0, 0.1) is 0 Å². The van der Waals surface area contributed by atoms with E-state index in [0.717, 1.165) is 24.1 Å². The average Bonchev–Trinajstić information content (AvgIpc) is 3.22. The quantitative estimate of drug-likeness (QED) is 0.627. The van der Waals surface area contributed by atoms with Gasteiger partial charge in [0.05, 0.1) is 13.7 Å². The first-order chi connectivity index (χ1) is 15.6.